The van der Waals surface area contributed by atoms with Crippen LogP contribution in [0.15, 0.2) is 77.3 Å². The average molecular weight is 376 g/mol. The number of nitrogens with zero attached hydrogens (tertiary/aromatic N) is 6. The molecule has 8 heteroatoms. The van der Waals surface area contributed by atoms with E-state index in [4.69, 9.17) is 4.74 Å². The number of aromatic nitrogens is 6. The fourth-order valence-electron chi connectivity index (χ4n) is 2.51. The zero-order valence-electron chi connectivity index (χ0n) is 14.6. The van der Waals surface area contributed by atoms with Gasteiger partial charge in [0.1, 0.15) is 17.0 Å². The Labute approximate surface area is 160 Å². The second-order valence-electron chi connectivity index (χ2n) is 5.42. The zero-order valence-corrected chi connectivity index (χ0v) is 15.4. The minimum atomic E-state index is 0.533. The maximum atomic E-state index is 5.46. The van der Waals surface area contributed by atoms with Crippen molar-refractivity contribution >= 4 is 11.8 Å². The van der Waals surface area contributed by atoms with E-state index in [2.05, 4.69) is 25.1 Å². The van der Waals surface area contributed by atoms with E-state index in [-0.39, 0.29) is 0 Å². The predicted molar refractivity (Wildman–Crippen MR) is 102 cm³/mol. The molecule has 7 nitrogen and oxygen atoms in total. The third kappa shape index (κ3) is 3.80. The highest BCUT2D eigenvalue weighted by Gasteiger charge is 2.18. The molecule has 0 unspecified atom stereocenters. The van der Waals surface area contributed by atoms with Gasteiger partial charge in [0, 0.05) is 18.0 Å². The van der Waals surface area contributed by atoms with Crippen LogP contribution in [0.1, 0.15) is 6.92 Å². The first-order valence-electron chi connectivity index (χ1n) is 8.40. The predicted octanol–water partition coefficient (Wildman–Crippen LogP) is 3.67. The number of benzene rings is 1. The lowest BCUT2D eigenvalue weighted by Gasteiger charge is -2.09. The van der Waals surface area contributed by atoms with Crippen molar-refractivity contribution in [3.05, 3.63) is 67.1 Å². The quantitative estimate of drug-likeness (QED) is 0.475. The Balaban J connectivity index is 1.77. The number of para-hydroxylation sites is 1. The van der Waals surface area contributed by atoms with Gasteiger partial charge >= 0.3 is 0 Å². The van der Waals surface area contributed by atoms with E-state index in [1.807, 2.05) is 60.0 Å². The topological polar surface area (TPSA) is 78.6 Å². The van der Waals surface area contributed by atoms with Crippen LogP contribution < -0.4 is 4.74 Å². The molecular weight excluding hydrogens is 360 g/mol. The van der Waals surface area contributed by atoms with Crippen LogP contribution in [-0.4, -0.2) is 36.3 Å². The molecule has 1 aromatic carbocycles. The molecule has 0 N–H and O–H groups in total. The normalized spacial score (nSPS) is 10.7. The lowest BCUT2D eigenvalue weighted by molar-refractivity contribution is 0.325. The molecule has 134 valence electrons. The van der Waals surface area contributed by atoms with Gasteiger partial charge in [0.25, 0.3) is 0 Å². The van der Waals surface area contributed by atoms with Crippen molar-refractivity contribution in [2.24, 2.45) is 0 Å². The number of ether oxygens (including phenoxy) is 1. The van der Waals surface area contributed by atoms with Crippen molar-refractivity contribution in [1.29, 1.82) is 0 Å². The molecule has 3 heterocycles. The zero-order chi connectivity index (χ0) is 18.5. The van der Waals surface area contributed by atoms with E-state index in [1.165, 1.54) is 18.1 Å². The first kappa shape index (κ1) is 17.2. The van der Waals surface area contributed by atoms with E-state index in [1.54, 1.807) is 12.3 Å². The first-order chi connectivity index (χ1) is 13.3. The van der Waals surface area contributed by atoms with E-state index < -0.39 is 0 Å². The summed E-state index contributed by atoms with van der Waals surface area (Å²) >= 11 is 1.40. The summed E-state index contributed by atoms with van der Waals surface area (Å²) in [6.45, 7) is 2.46. The van der Waals surface area contributed by atoms with Crippen LogP contribution in [0.2, 0.25) is 0 Å². The highest BCUT2D eigenvalue weighted by atomic mass is 32.2. The van der Waals surface area contributed by atoms with Crippen LogP contribution >= 0.6 is 11.8 Å². The SMILES string of the molecule is CCOc1cc(Sc2nnc(-c3ccccn3)n2-c2ccccc2)ncn1. The lowest BCUT2D eigenvalue weighted by Crippen LogP contribution is -2.01. The van der Waals surface area contributed by atoms with Gasteiger partial charge in [-0.25, -0.2) is 9.97 Å². The van der Waals surface area contributed by atoms with E-state index in [9.17, 15) is 0 Å². The van der Waals surface area contributed by atoms with Crippen LogP contribution in [0.5, 0.6) is 5.88 Å². The van der Waals surface area contributed by atoms with Gasteiger partial charge < -0.3 is 4.74 Å². The lowest BCUT2D eigenvalue weighted by atomic mass is 10.3. The number of pyridine rings is 1. The molecule has 4 aromatic rings. The second-order valence-corrected chi connectivity index (χ2v) is 6.41. The summed E-state index contributed by atoms with van der Waals surface area (Å²) in [5.74, 6) is 1.20. The Bertz CT molecular complexity index is 1020. The molecule has 0 amide bonds. The average Bonchev–Trinajstić information content (AvgIpc) is 3.13. The van der Waals surface area contributed by atoms with Crippen LogP contribution in [0.3, 0.4) is 0 Å². The maximum Gasteiger partial charge on any atom is 0.217 e. The van der Waals surface area contributed by atoms with E-state index in [0.29, 0.717) is 23.5 Å². The third-order valence-corrected chi connectivity index (χ3v) is 4.53. The standard InChI is InChI=1S/C19H16N6OS/c1-2-26-16-12-17(22-13-21-16)27-19-24-23-18(15-10-6-7-11-20-15)25(19)14-8-4-3-5-9-14/h3-13H,2H2,1H3. The second kappa shape index (κ2) is 7.96. The fraction of sp³-hybridized carbons (Fsp3) is 0.105. The van der Waals surface area contributed by atoms with Crippen LogP contribution in [-0.2, 0) is 0 Å². The molecule has 27 heavy (non-hydrogen) atoms. The Kier molecular flexibility index (Phi) is 5.06. The number of hydrogen-bond donors (Lipinski definition) is 0. The highest BCUT2D eigenvalue weighted by molar-refractivity contribution is 7.99. The van der Waals surface area contributed by atoms with Crippen molar-refractivity contribution in [1.82, 2.24) is 29.7 Å². The Morgan fingerprint density at radius 3 is 2.59 bits per heavy atom. The minimum Gasteiger partial charge on any atom is -0.478 e. The smallest absolute Gasteiger partial charge is 0.217 e. The molecule has 0 atom stereocenters. The fourth-order valence-corrected chi connectivity index (χ4v) is 3.32. The largest absolute Gasteiger partial charge is 0.478 e. The van der Waals surface area contributed by atoms with Gasteiger partial charge in [0.15, 0.2) is 5.82 Å². The Morgan fingerprint density at radius 2 is 1.81 bits per heavy atom. The van der Waals surface area contributed by atoms with Gasteiger partial charge in [-0.15, -0.1) is 10.2 Å². The molecule has 0 bridgehead atoms. The molecule has 3 aromatic heterocycles. The molecule has 0 saturated heterocycles. The molecule has 0 radical (unpaired) electrons. The summed E-state index contributed by atoms with van der Waals surface area (Å²) in [6.07, 6.45) is 3.22. The number of hydrogen-bond acceptors (Lipinski definition) is 7. The van der Waals surface area contributed by atoms with Crippen LogP contribution in [0.25, 0.3) is 17.2 Å². The molecule has 0 aliphatic carbocycles. The summed E-state index contributed by atoms with van der Waals surface area (Å²) in [7, 11) is 0. The van der Waals surface area contributed by atoms with Crippen molar-refractivity contribution in [3.8, 4) is 23.1 Å². The van der Waals surface area contributed by atoms with E-state index in [0.717, 1.165) is 16.4 Å². The summed E-state index contributed by atoms with van der Waals surface area (Å²) in [5.41, 5.74) is 1.70. The monoisotopic (exact) mass is 376 g/mol. The Hall–Kier alpha value is -3.26. The molecule has 0 saturated carbocycles. The molecule has 0 spiro atoms. The van der Waals surface area contributed by atoms with Gasteiger partial charge in [0.05, 0.1) is 6.61 Å². The molecule has 0 aliphatic rings. The van der Waals surface area contributed by atoms with Crippen molar-refractivity contribution in [2.75, 3.05) is 6.61 Å². The Morgan fingerprint density at radius 1 is 0.963 bits per heavy atom. The van der Waals surface area contributed by atoms with Crippen LogP contribution in [0, 0.1) is 0 Å². The van der Waals surface area contributed by atoms with Crippen molar-refractivity contribution < 1.29 is 4.74 Å². The molecule has 0 aliphatic heterocycles. The first-order valence-corrected chi connectivity index (χ1v) is 9.21. The summed E-state index contributed by atoms with van der Waals surface area (Å²) in [5, 5.41) is 10.2. The van der Waals surface area contributed by atoms with Crippen molar-refractivity contribution in [3.63, 3.8) is 0 Å². The maximum absolute atomic E-state index is 5.46. The molecule has 0 fully saturated rings. The third-order valence-electron chi connectivity index (χ3n) is 3.65. The van der Waals surface area contributed by atoms with Gasteiger partial charge in [-0.2, -0.15) is 0 Å². The summed E-state index contributed by atoms with van der Waals surface area (Å²) in [6, 6.07) is 17.4. The summed E-state index contributed by atoms with van der Waals surface area (Å²) < 4.78 is 7.42. The molecular formula is C19H16N6OS. The van der Waals surface area contributed by atoms with Crippen LogP contribution in [0.4, 0.5) is 0 Å². The van der Waals surface area contributed by atoms with Gasteiger partial charge in [-0.05, 0) is 43.0 Å². The summed E-state index contributed by atoms with van der Waals surface area (Å²) in [4.78, 5) is 12.8. The van der Waals surface area contributed by atoms with Gasteiger partial charge in [-0.3, -0.25) is 9.55 Å². The highest BCUT2D eigenvalue weighted by Crippen LogP contribution is 2.31. The minimum absolute atomic E-state index is 0.533. The van der Waals surface area contributed by atoms with Gasteiger partial charge in [-0.1, -0.05) is 24.3 Å². The number of rotatable bonds is 6. The molecule has 4 rings (SSSR count). The van der Waals surface area contributed by atoms with Crippen molar-refractivity contribution in [2.45, 2.75) is 17.1 Å². The van der Waals surface area contributed by atoms with Gasteiger partial charge in [0.2, 0.25) is 11.0 Å². The van der Waals surface area contributed by atoms with E-state index >= 15 is 0 Å².